The van der Waals surface area contributed by atoms with E-state index in [4.69, 9.17) is 0 Å². The number of carbonyl (C=O) groups excluding carboxylic acids is 1. The Labute approximate surface area is 99.5 Å². The SMILES string of the molecule is CC(=O)CCc1ccc(-c2nnn(C)n2)cc1. The van der Waals surface area contributed by atoms with E-state index in [0.29, 0.717) is 12.2 Å². The van der Waals surface area contributed by atoms with E-state index < -0.39 is 0 Å². The van der Waals surface area contributed by atoms with E-state index in [1.807, 2.05) is 24.3 Å². The van der Waals surface area contributed by atoms with E-state index >= 15 is 0 Å². The maximum atomic E-state index is 10.9. The van der Waals surface area contributed by atoms with Crippen LogP contribution in [-0.4, -0.2) is 26.0 Å². The molecule has 0 aliphatic heterocycles. The summed E-state index contributed by atoms with van der Waals surface area (Å²) in [7, 11) is 1.73. The number of tetrazole rings is 1. The molecular formula is C12H14N4O. The predicted molar refractivity (Wildman–Crippen MR) is 63.2 cm³/mol. The van der Waals surface area contributed by atoms with Gasteiger partial charge in [0.05, 0.1) is 7.05 Å². The van der Waals surface area contributed by atoms with Gasteiger partial charge >= 0.3 is 0 Å². The quantitative estimate of drug-likeness (QED) is 0.796. The van der Waals surface area contributed by atoms with Crippen molar-refractivity contribution in [3.8, 4) is 11.4 Å². The maximum Gasteiger partial charge on any atom is 0.204 e. The number of carbonyl (C=O) groups is 1. The van der Waals surface area contributed by atoms with Gasteiger partial charge in [0.15, 0.2) is 0 Å². The Morgan fingerprint density at radius 3 is 2.53 bits per heavy atom. The number of hydrogen-bond acceptors (Lipinski definition) is 4. The average Bonchev–Trinajstić information content (AvgIpc) is 2.74. The number of benzene rings is 1. The van der Waals surface area contributed by atoms with Gasteiger partial charge in [-0.2, -0.15) is 4.80 Å². The highest BCUT2D eigenvalue weighted by Crippen LogP contribution is 2.15. The molecule has 5 nitrogen and oxygen atoms in total. The molecule has 0 unspecified atom stereocenters. The summed E-state index contributed by atoms with van der Waals surface area (Å²) < 4.78 is 0. The number of hydrogen-bond donors (Lipinski definition) is 0. The molecule has 88 valence electrons. The van der Waals surface area contributed by atoms with Crippen LogP contribution in [0.3, 0.4) is 0 Å². The third kappa shape index (κ3) is 2.96. The molecule has 1 heterocycles. The van der Waals surface area contributed by atoms with Crippen LogP contribution in [0, 0.1) is 0 Å². The van der Waals surface area contributed by atoms with Gasteiger partial charge in [0.1, 0.15) is 5.78 Å². The lowest BCUT2D eigenvalue weighted by atomic mass is 10.1. The van der Waals surface area contributed by atoms with Gasteiger partial charge in [0, 0.05) is 12.0 Å². The van der Waals surface area contributed by atoms with Crippen molar-refractivity contribution in [2.75, 3.05) is 0 Å². The van der Waals surface area contributed by atoms with Crippen LogP contribution < -0.4 is 0 Å². The van der Waals surface area contributed by atoms with Gasteiger partial charge < -0.3 is 4.79 Å². The van der Waals surface area contributed by atoms with Gasteiger partial charge in [0.2, 0.25) is 5.82 Å². The highest BCUT2D eigenvalue weighted by Gasteiger charge is 2.04. The molecule has 2 aromatic rings. The topological polar surface area (TPSA) is 60.7 Å². The fourth-order valence-electron chi connectivity index (χ4n) is 1.54. The molecule has 0 N–H and O–H groups in total. The predicted octanol–water partition coefficient (Wildman–Crippen LogP) is 1.40. The Kier molecular flexibility index (Phi) is 3.27. The summed E-state index contributed by atoms with van der Waals surface area (Å²) in [5, 5.41) is 11.8. The highest BCUT2D eigenvalue weighted by atomic mass is 16.1. The van der Waals surface area contributed by atoms with Crippen molar-refractivity contribution >= 4 is 5.78 Å². The second-order valence-corrected chi connectivity index (χ2v) is 4.00. The van der Waals surface area contributed by atoms with Gasteiger partial charge in [-0.05, 0) is 24.1 Å². The van der Waals surface area contributed by atoms with Crippen molar-refractivity contribution in [2.45, 2.75) is 19.8 Å². The summed E-state index contributed by atoms with van der Waals surface area (Å²) >= 11 is 0. The van der Waals surface area contributed by atoms with Gasteiger partial charge in [-0.3, -0.25) is 0 Å². The van der Waals surface area contributed by atoms with Gasteiger partial charge in [-0.1, -0.05) is 24.3 Å². The van der Waals surface area contributed by atoms with Crippen molar-refractivity contribution in [3.05, 3.63) is 29.8 Å². The van der Waals surface area contributed by atoms with Crippen LogP contribution in [0.4, 0.5) is 0 Å². The van der Waals surface area contributed by atoms with Crippen molar-refractivity contribution in [2.24, 2.45) is 7.05 Å². The minimum Gasteiger partial charge on any atom is -0.300 e. The lowest BCUT2D eigenvalue weighted by Gasteiger charge is -2.00. The standard InChI is InChI=1S/C12H14N4O/c1-9(17)3-4-10-5-7-11(8-6-10)12-13-15-16(2)14-12/h5-8H,3-4H2,1-2H3. The number of Topliss-reactive ketones (excluding diaryl/α,β-unsaturated/α-hetero) is 1. The molecule has 17 heavy (non-hydrogen) atoms. The van der Waals surface area contributed by atoms with Crippen molar-refractivity contribution in [1.82, 2.24) is 20.2 Å². The molecule has 0 amide bonds. The zero-order chi connectivity index (χ0) is 12.3. The highest BCUT2D eigenvalue weighted by molar-refractivity contribution is 5.75. The second kappa shape index (κ2) is 4.86. The first-order chi connectivity index (χ1) is 8.15. The molecule has 1 aromatic heterocycles. The molecule has 0 saturated carbocycles. The largest absolute Gasteiger partial charge is 0.300 e. The zero-order valence-electron chi connectivity index (χ0n) is 9.92. The third-order valence-electron chi connectivity index (χ3n) is 2.49. The van der Waals surface area contributed by atoms with Crippen LogP contribution in [0.25, 0.3) is 11.4 Å². The molecule has 0 bridgehead atoms. The van der Waals surface area contributed by atoms with Gasteiger partial charge in [0.25, 0.3) is 0 Å². The average molecular weight is 230 g/mol. The molecule has 5 heteroatoms. The van der Waals surface area contributed by atoms with Crippen LogP contribution in [0.5, 0.6) is 0 Å². The fraction of sp³-hybridized carbons (Fsp3) is 0.333. The number of ketones is 1. The lowest BCUT2D eigenvalue weighted by Crippen LogP contribution is -1.94. The zero-order valence-corrected chi connectivity index (χ0v) is 9.92. The summed E-state index contributed by atoms with van der Waals surface area (Å²) in [6.45, 7) is 1.61. The van der Waals surface area contributed by atoms with Crippen LogP contribution in [0.15, 0.2) is 24.3 Å². The lowest BCUT2D eigenvalue weighted by molar-refractivity contribution is -0.116. The minimum atomic E-state index is 0.213. The third-order valence-corrected chi connectivity index (χ3v) is 2.49. The monoisotopic (exact) mass is 230 g/mol. The molecule has 0 saturated heterocycles. The summed E-state index contributed by atoms with van der Waals surface area (Å²) in [4.78, 5) is 12.3. The number of rotatable bonds is 4. The van der Waals surface area contributed by atoms with E-state index in [1.54, 1.807) is 14.0 Å². The van der Waals surface area contributed by atoms with E-state index in [9.17, 15) is 4.79 Å². The normalized spacial score (nSPS) is 10.5. The fourth-order valence-corrected chi connectivity index (χ4v) is 1.54. The molecular weight excluding hydrogens is 216 g/mol. The minimum absolute atomic E-state index is 0.213. The van der Waals surface area contributed by atoms with E-state index in [1.165, 1.54) is 4.80 Å². The summed E-state index contributed by atoms with van der Waals surface area (Å²) in [5.41, 5.74) is 2.08. The van der Waals surface area contributed by atoms with Crippen LogP contribution in [0.2, 0.25) is 0 Å². The summed E-state index contributed by atoms with van der Waals surface area (Å²) in [5.74, 6) is 0.829. The Bertz CT molecular complexity index is 516. The van der Waals surface area contributed by atoms with Crippen molar-refractivity contribution < 1.29 is 4.79 Å². The van der Waals surface area contributed by atoms with Crippen molar-refractivity contribution in [3.63, 3.8) is 0 Å². The molecule has 0 atom stereocenters. The van der Waals surface area contributed by atoms with Crippen LogP contribution in [-0.2, 0) is 18.3 Å². The second-order valence-electron chi connectivity index (χ2n) is 4.00. The van der Waals surface area contributed by atoms with Crippen LogP contribution >= 0.6 is 0 Å². The first-order valence-corrected chi connectivity index (χ1v) is 5.48. The molecule has 1 aromatic carbocycles. The first-order valence-electron chi connectivity index (χ1n) is 5.48. The molecule has 0 fully saturated rings. The number of nitrogens with zero attached hydrogens (tertiary/aromatic N) is 4. The molecule has 0 aliphatic rings. The van der Waals surface area contributed by atoms with Gasteiger partial charge in [-0.25, -0.2) is 0 Å². The number of aryl methyl sites for hydroxylation is 2. The summed E-state index contributed by atoms with van der Waals surface area (Å²) in [6, 6.07) is 7.89. The van der Waals surface area contributed by atoms with E-state index in [2.05, 4.69) is 15.4 Å². The van der Waals surface area contributed by atoms with E-state index in [0.717, 1.165) is 17.5 Å². The Morgan fingerprint density at radius 1 is 1.29 bits per heavy atom. The Hall–Kier alpha value is -2.04. The Balaban J connectivity index is 2.10. The molecule has 0 aliphatic carbocycles. The molecule has 0 radical (unpaired) electrons. The van der Waals surface area contributed by atoms with Crippen LogP contribution in [0.1, 0.15) is 18.9 Å². The number of aromatic nitrogens is 4. The van der Waals surface area contributed by atoms with E-state index in [-0.39, 0.29) is 5.78 Å². The Morgan fingerprint density at radius 2 is 2.00 bits per heavy atom. The maximum absolute atomic E-state index is 10.9. The molecule has 0 spiro atoms. The van der Waals surface area contributed by atoms with Gasteiger partial charge in [-0.15, -0.1) is 10.2 Å². The first kappa shape index (κ1) is 11.4. The van der Waals surface area contributed by atoms with Crippen molar-refractivity contribution in [1.29, 1.82) is 0 Å². The molecule has 2 rings (SSSR count). The summed E-state index contributed by atoms with van der Waals surface area (Å²) in [6.07, 6.45) is 1.37. The smallest absolute Gasteiger partial charge is 0.204 e.